The number of nitrogens with zero attached hydrogens (tertiary/aromatic N) is 2. The Bertz CT molecular complexity index is 191. The summed E-state index contributed by atoms with van der Waals surface area (Å²) >= 11 is 0. The quantitative estimate of drug-likeness (QED) is 0.724. The minimum atomic E-state index is 0.782. The van der Waals surface area contributed by atoms with Crippen molar-refractivity contribution in [1.82, 2.24) is 15.1 Å². The van der Waals surface area contributed by atoms with E-state index in [4.69, 9.17) is 0 Å². The van der Waals surface area contributed by atoms with Gasteiger partial charge in [-0.2, -0.15) is 0 Å². The molecule has 0 bridgehead atoms. The van der Waals surface area contributed by atoms with Crippen LogP contribution in [0.2, 0.25) is 0 Å². The topological polar surface area (TPSA) is 18.5 Å². The van der Waals surface area contributed by atoms with E-state index in [9.17, 15) is 0 Å². The van der Waals surface area contributed by atoms with E-state index < -0.39 is 0 Å². The summed E-state index contributed by atoms with van der Waals surface area (Å²) in [6.45, 7) is 4.90. The Morgan fingerprint density at radius 2 is 2.13 bits per heavy atom. The number of nitrogens with one attached hydrogen (secondary N) is 1. The van der Waals surface area contributed by atoms with Crippen LogP contribution in [0.1, 0.15) is 25.7 Å². The fourth-order valence-electron chi connectivity index (χ4n) is 2.41. The summed E-state index contributed by atoms with van der Waals surface area (Å²) in [6, 6.07) is 1.64. The van der Waals surface area contributed by atoms with Gasteiger partial charge in [0, 0.05) is 31.7 Å². The van der Waals surface area contributed by atoms with E-state index in [1.54, 1.807) is 0 Å². The number of piperidine rings is 1. The minimum Gasteiger partial charge on any atom is -0.313 e. The van der Waals surface area contributed by atoms with Crippen LogP contribution in [0, 0.1) is 0 Å². The van der Waals surface area contributed by atoms with Crippen LogP contribution < -0.4 is 5.32 Å². The second-order valence-corrected chi connectivity index (χ2v) is 5.27. The molecule has 0 aromatic rings. The van der Waals surface area contributed by atoms with Gasteiger partial charge in [0.1, 0.15) is 0 Å². The van der Waals surface area contributed by atoms with E-state index in [2.05, 4.69) is 29.2 Å². The lowest BCUT2D eigenvalue weighted by Gasteiger charge is -2.35. The van der Waals surface area contributed by atoms with Crippen molar-refractivity contribution >= 4 is 0 Å². The molecule has 3 nitrogen and oxygen atoms in total. The molecule has 0 aromatic carbocycles. The fourth-order valence-corrected chi connectivity index (χ4v) is 2.41. The molecule has 0 spiro atoms. The first kappa shape index (κ1) is 11.4. The SMILES string of the molecule is CN1CCCC(N(C)CCNC2CC2)C1. The molecule has 2 fully saturated rings. The van der Waals surface area contributed by atoms with Gasteiger partial charge in [0.15, 0.2) is 0 Å². The summed E-state index contributed by atoms with van der Waals surface area (Å²) < 4.78 is 0. The molecule has 1 atom stereocenters. The van der Waals surface area contributed by atoms with Crippen LogP contribution in [0.4, 0.5) is 0 Å². The molecule has 1 N–H and O–H groups in total. The van der Waals surface area contributed by atoms with Gasteiger partial charge < -0.3 is 15.1 Å². The van der Waals surface area contributed by atoms with Crippen molar-refractivity contribution in [2.24, 2.45) is 0 Å². The van der Waals surface area contributed by atoms with Crippen LogP contribution in [-0.4, -0.2) is 62.2 Å². The zero-order valence-corrected chi connectivity index (χ0v) is 10.2. The molecular weight excluding hydrogens is 186 g/mol. The van der Waals surface area contributed by atoms with Crippen LogP contribution in [0.5, 0.6) is 0 Å². The Hall–Kier alpha value is -0.120. The highest BCUT2D eigenvalue weighted by Gasteiger charge is 2.22. The van der Waals surface area contributed by atoms with Gasteiger partial charge in [-0.15, -0.1) is 0 Å². The standard InChI is InChI=1S/C12H25N3/c1-14-8-3-4-12(10-14)15(2)9-7-13-11-5-6-11/h11-13H,3-10H2,1-2H3. The molecule has 1 heterocycles. The Kier molecular flexibility index (Phi) is 4.00. The summed E-state index contributed by atoms with van der Waals surface area (Å²) in [5, 5.41) is 3.58. The average molecular weight is 211 g/mol. The highest BCUT2D eigenvalue weighted by molar-refractivity contribution is 4.82. The van der Waals surface area contributed by atoms with Crippen molar-refractivity contribution in [2.75, 3.05) is 40.3 Å². The molecule has 0 radical (unpaired) electrons. The number of likely N-dealkylation sites (tertiary alicyclic amines) is 1. The van der Waals surface area contributed by atoms with Gasteiger partial charge in [-0.05, 0) is 46.3 Å². The van der Waals surface area contributed by atoms with E-state index in [1.165, 1.54) is 51.9 Å². The Morgan fingerprint density at radius 1 is 1.33 bits per heavy atom. The summed E-state index contributed by atoms with van der Waals surface area (Å²) in [5.74, 6) is 0. The van der Waals surface area contributed by atoms with Gasteiger partial charge in [0.25, 0.3) is 0 Å². The third kappa shape index (κ3) is 3.74. The zero-order chi connectivity index (χ0) is 10.7. The lowest BCUT2D eigenvalue weighted by molar-refractivity contribution is 0.135. The molecule has 3 heteroatoms. The van der Waals surface area contributed by atoms with Crippen LogP contribution in [0.3, 0.4) is 0 Å². The second-order valence-electron chi connectivity index (χ2n) is 5.27. The average Bonchev–Trinajstić information content (AvgIpc) is 3.01. The largest absolute Gasteiger partial charge is 0.313 e. The monoisotopic (exact) mass is 211 g/mol. The van der Waals surface area contributed by atoms with E-state index in [-0.39, 0.29) is 0 Å². The Balaban J connectivity index is 1.62. The molecule has 1 saturated carbocycles. The first-order chi connectivity index (χ1) is 7.25. The zero-order valence-electron chi connectivity index (χ0n) is 10.2. The highest BCUT2D eigenvalue weighted by Crippen LogP contribution is 2.18. The van der Waals surface area contributed by atoms with E-state index in [1.807, 2.05) is 0 Å². The molecule has 1 aliphatic heterocycles. The summed E-state index contributed by atoms with van der Waals surface area (Å²) in [4.78, 5) is 4.99. The molecule has 2 aliphatic rings. The lowest BCUT2D eigenvalue weighted by Crippen LogP contribution is -2.46. The van der Waals surface area contributed by atoms with Crippen LogP contribution in [0.15, 0.2) is 0 Å². The summed E-state index contributed by atoms with van der Waals surface area (Å²) in [6.07, 6.45) is 5.54. The van der Waals surface area contributed by atoms with Gasteiger partial charge in [-0.25, -0.2) is 0 Å². The van der Waals surface area contributed by atoms with Gasteiger partial charge >= 0.3 is 0 Å². The van der Waals surface area contributed by atoms with Crippen molar-refractivity contribution in [2.45, 2.75) is 37.8 Å². The molecular formula is C12H25N3. The maximum absolute atomic E-state index is 3.58. The van der Waals surface area contributed by atoms with Gasteiger partial charge in [-0.3, -0.25) is 0 Å². The predicted molar refractivity (Wildman–Crippen MR) is 64.2 cm³/mol. The first-order valence-corrected chi connectivity index (χ1v) is 6.38. The second kappa shape index (κ2) is 5.28. The van der Waals surface area contributed by atoms with Crippen molar-refractivity contribution in [3.63, 3.8) is 0 Å². The molecule has 1 unspecified atom stereocenters. The van der Waals surface area contributed by atoms with Crippen LogP contribution in [0.25, 0.3) is 0 Å². The summed E-state index contributed by atoms with van der Waals surface area (Å²) in [5.41, 5.74) is 0. The molecule has 88 valence electrons. The van der Waals surface area contributed by atoms with Crippen LogP contribution >= 0.6 is 0 Å². The Morgan fingerprint density at radius 3 is 2.80 bits per heavy atom. The van der Waals surface area contributed by atoms with Crippen molar-refractivity contribution in [3.8, 4) is 0 Å². The van der Waals surface area contributed by atoms with Crippen molar-refractivity contribution in [3.05, 3.63) is 0 Å². The number of rotatable bonds is 5. The van der Waals surface area contributed by atoms with Gasteiger partial charge in [0.2, 0.25) is 0 Å². The van der Waals surface area contributed by atoms with Crippen molar-refractivity contribution in [1.29, 1.82) is 0 Å². The summed E-state index contributed by atoms with van der Waals surface area (Å²) in [7, 11) is 4.51. The molecule has 0 aromatic heterocycles. The normalized spacial score (nSPS) is 28.6. The predicted octanol–water partition coefficient (Wildman–Crippen LogP) is 0.764. The van der Waals surface area contributed by atoms with E-state index in [0.29, 0.717) is 0 Å². The van der Waals surface area contributed by atoms with Crippen LogP contribution in [-0.2, 0) is 0 Å². The fraction of sp³-hybridized carbons (Fsp3) is 1.00. The Labute approximate surface area is 93.8 Å². The highest BCUT2D eigenvalue weighted by atomic mass is 15.2. The third-order valence-electron chi connectivity index (χ3n) is 3.70. The number of hydrogen-bond acceptors (Lipinski definition) is 3. The number of likely N-dealkylation sites (N-methyl/N-ethyl adjacent to an activating group) is 2. The van der Waals surface area contributed by atoms with Gasteiger partial charge in [-0.1, -0.05) is 0 Å². The molecule has 15 heavy (non-hydrogen) atoms. The smallest absolute Gasteiger partial charge is 0.0221 e. The lowest BCUT2D eigenvalue weighted by atomic mass is 10.1. The maximum atomic E-state index is 3.58. The minimum absolute atomic E-state index is 0.782. The number of hydrogen-bond donors (Lipinski definition) is 1. The molecule has 2 rings (SSSR count). The molecule has 1 aliphatic carbocycles. The molecule has 0 amide bonds. The van der Waals surface area contributed by atoms with E-state index >= 15 is 0 Å². The third-order valence-corrected chi connectivity index (χ3v) is 3.70. The van der Waals surface area contributed by atoms with E-state index in [0.717, 1.165) is 12.1 Å². The van der Waals surface area contributed by atoms with Crippen molar-refractivity contribution < 1.29 is 0 Å². The molecule has 1 saturated heterocycles. The van der Waals surface area contributed by atoms with Gasteiger partial charge in [0.05, 0.1) is 0 Å². The maximum Gasteiger partial charge on any atom is 0.0221 e. The first-order valence-electron chi connectivity index (χ1n) is 6.38.